The number of rotatable bonds is 3. The first kappa shape index (κ1) is 11.0. The highest BCUT2D eigenvalue weighted by Crippen LogP contribution is 2.20. The summed E-state index contributed by atoms with van der Waals surface area (Å²) >= 11 is 1.34. The van der Waals surface area contributed by atoms with Gasteiger partial charge in [0, 0.05) is 4.90 Å². The van der Waals surface area contributed by atoms with Crippen LogP contribution in [0.2, 0.25) is 0 Å². The zero-order chi connectivity index (χ0) is 10.6. The maximum atomic E-state index is 13.2. The number of thioether (sulfide) groups is 1. The maximum absolute atomic E-state index is 13.2. The average Bonchev–Trinajstić information content (AvgIpc) is 2.18. The number of ether oxygens (including phenoxy) is 1. The molecule has 1 aromatic carbocycles. The van der Waals surface area contributed by atoms with Gasteiger partial charge in [-0.15, -0.1) is 11.8 Å². The molecule has 1 rings (SSSR count). The van der Waals surface area contributed by atoms with Crippen molar-refractivity contribution in [1.82, 2.24) is 0 Å². The van der Waals surface area contributed by atoms with Crippen molar-refractivity contribution in [2.45, 2.75) is 11.3 Å². The van der Waals surface area contributed by atoms with E-state index in [2.05, 4.69) is 4.74 Å². The Morgan fingerprint density at radius 2 is 2.29 bits per heavy atom. The Bertz CT molecular complexity index is 339. The van der Waals surface area contributed by atoms with E-state index in [0.29, 0.717) is 10.5 Å². The third kappa shape index (κ3) is 2.73. The van der Waals surface area contributed by atoms with Gasteiger partial charge in [-0.2, -0.15) is 0 Å². The van der Waals surface area contributed by atoms with Gasteiger partial charge < -0.3 is 4.74 Å². The van der Waals surface area contributed by atoms with Gasteiger partial charge in [0.05, 0.1) is 13.5 Å². The standard InChI is InChI=1S/C10H11FO2S/c1-13-10(12)6-7-3-4-9(14-2)8(11)5-7/h3-5H,6H2,1-2H3. The van der Waals surface area contributed by atoms with E-state index in [9.17, 15) is 9.18 Å². The van der Waals surface area contributed by atoms with E-state index in [-0.39, 0.29) is 18.2 Å². The molecule has 0 spiro atoms. The van der Waals surface area contributed by atoms with Crippen LogP contribution in [0.4, 0.5) is 4.39 Å². The van der Waals surface area contributed by atoms with Crippen LogP contribution in [0, 0.1) is 5.82 Å². The van der Waals surface area contributed by atoms with E-state index in [4.69, 9.17) is 0 Å². The third-order valence-corrected chi connectivity index (χ3v) is 2.56. The second kappa shape index (κ2) is 5.00. The van der Waals surface area contributed by atoms with Crippen LogP contribution < -0.4 is 0 Å². The fourth-order valence-corrected chi connectivity index (χ4v) is 1.52. The second-order valence-corrected chi connectivity index (χ2v) is 3.57. The minimum absolute atomic E-state index is 0.113. The molecule has 0 aromatic heterocycles. The van der Waals surface area contributed by atoms with Crippen LogP contribution in [0.1, 0.15) is 5.56 Å². The quantitative estimate of drug-likeness (QED) is 0.570. The number of halogens is 1. The van der Waals surface area contributed by atoms with Crippen molar-refractivity contribution in [2.24, 2.45) is 0 Å². The summed E-state index contributed by atoms with van der Waals surface area (Å²) in [6.07, 6.45) is 1.92. The molecule has 0 aliphatic carbocycles. The molecule has 2 nitrogen and oxygen atoms in total. The van der Waals surface area contributed by atoms with Gasteiger partial charge in [-0.1, -0.05) is 6.07 Å². The van der Waals surface area contributed by atoms with Crippen molar-refractivity contribution in [3.05, 3.63) is 29.6 Å². The lowest BCUT2D eigenvalue weighted by Gasteiger charge is -2.02. The molecule has 1 aromatic rings. The summed E-state index contributed by atoms with van der Waals surface area (Å²) in [5.41, 5.74) is 0.632. The molecule has 0 radical (unpaired) electrons. The Labute approximate surface area is 86.5 Å². The molecule has 0 aliphatic rings. The zero-order valence-corrected chi connectivity index (χ0v) is 8.86. The fourth-order valence-electron chi connectivity index (χ4n) is 1.06. The molecule has 14 heavy (non-hydrogen) atoms. The summed E-state index contributed by atoms with van der Waals surface area (Å²) in [4.78, 5) is 11.5. The molecule has 0 fully saturated rings. The van der Waals surface area contributed by atoms with Crippen molar-refractivity contribution in [1.29, 1.82) is 0 Å². The lowest BCUT2D eigenvalue weighted by molar-refractivity contribution is -0.139. The van der Waals surface area contributed by atoms with Crippen LogP contribution in [0.25, 0.3) is 0 Å². The van der Waals surface area contributed by atoms with Gasteiger partial charge >= 0.3 is 5.97 Å². The molecule has 76 valence electrons. The predicted octanol–water partition coefficient (Wildman–Crippen LogP) is 2.26. The summed E-state index contributed by atoms with van der Waals surface area (Å²) in [7, 11) is 1.31. The van der Waals surface area contributed by atoms with Crippen molar-refractivity contribution >= 4 is 17.7 Å². The third-order valence-electron chi connectivity index (χ3n) is 1.79. The molecule has 0 aliphatic heterocycles. The lowest BCUT2D eigenvalue weighted by atomic mass is 10.1. The molecule has 0 saturated carbocycles. The van der Waals surface area contributed by atoms with E-state index in [1.807, 2.05) is 0 Å². The monoisotopic (exact) mass is 214 g/mol. The van der Waals surface area contributed by atoms with E-state index >= 15 is 0 Å². The van der Waals surface area contributed by atoms with Crippen molar-refractivity contribution in [2.75, 3.05) is 13.4 Å². The molecular formula is C10H11FO2S. The highest BCUT2D eigenvalue weighted by Gasteiger charge is 2.06. The maximum Gasteiger partial charge on any atom is 0.309 e. The fraction of sp³-hybridized carbons (Fsp3) is 0.300. The molecule has 0 atom stereocenters. The topological polar surface area (TPSA) is 26.3 Å². The number of hydrogen-bond acceptors (Lipinski definition) is 3. The van der Waals surface area contributed by atoms with Crippen LogP contribution in [-0.4, -0.2) is 19.3 Å². The Morgan fingerprint density at radius 3 is 2.79 bits per heavy atom. The molecule has 0 amide bonds. The number of benzene rings is 1. The molecule has 0 bridgehead atoms. The Hall–Kier alpha value is -1.03. The smallest absolute Gasteiger partial charge is 0.309 e. The summed E-state index contributed by atoms with van der Waals surface area (Å²) in [6.45, 7) is 0. The van der Waals surface area contributed by atoms with Gasteiger partial charge in [0.1, 0.15) is 5.82 Å². The number of hydrogen-bond donors (Lipinski definition) is 0. The van der Waals surface area contributed by atoms with Gasteiger partial charge in [-0.3, -0.25) is 4.79 Å². The highest BCUT2D eigenvalue weighted by atomic mass is 32.2. The average molecular weight is 214 g/mol. The number of carbonyl (C=O) groups is 1. The lowest BCUT2D eigenvalue weighted by Crippen LogP contribution is -2.04. The van der Waals surface area contributed by atoms with Gasteiger partial charge in [0.15, 0.2) is 0 Å². The SMILES string of the molecule is COC(=O)Cc1ccc(SC)c(F)c1. The summed E-state index contributed by atoms with van der Waals surface area (Å²) < 4.78 is 17.7. The molecule has 0 N–H and O–H groups in total. The number of methoxy groups -OCH3 is 1. The highest BCUT2D eigenvalue weighted by molar-refractivity contribution is 7.98. The Morgan fingerprint density at radius 1 is 1.57 bits per heavy atom. The molecular weight excluding hydrogens is 203 g/mol. The van der Waals surface area contributed by atoms with Gasteiger partial charge in [-0.25, -0.2) is 4.39 Å². The van der Waals surface area contributed by atoms with Crippen molar-refractivity contribution in [3.63, 3.8) is 0 Å². The van der Waals surface area contributed by atoms with E-state index in [1.54, 1.807) is 18.4 Å². The van der Waals surface area contributed by atoms with Crippen molar-refractivity contribution < 1.29 is 13.9 Å². The summed E-state index contributed by atoms with van der Waals surface area (Å²) in [6, 6.07) is 4.76. The Balaban J connectivity index is 2.81. The minimum atomic E-state index is -0.360. The van der Waals surface area contributed by atoms with Crippen molar-refractivity contribution in [3.8, 4) is 0 Å². The first-order valence-electron chi connectivity index (χ1n) is 4.06. The molecule has 0 unspecified atom stereocenters. The summed E-state index contributed by atoms with van der Waals surface area (Å²) in [5, 5.41) is 0. The molecule has 4 heteroatoms. The van der Waals surface area contributed by atoms with Gasteiger partial charge in [-0.05, 0) is 24.0 Å². The Kier molecular flexibility index (Phi) is 3.95. The second-order valence-electron chi connectivity index (χ2n) is 2.72. The molecule has 0 saturated heterocycles. The number of carbonyl (C=O) groups excluding carboxylic acids is 1. The van der Waals surface area contributed by atoms with Crippen LogP contribution in [0.3, 0.4) is 0 Å². The largest absolute Gasteiger partial charge is 0.469 e. The van der Waals surface area contributed by atoms with Gasteiger partial charge in [0.25, 0.3) is 0 Å². The first-order valence-corrected chi connectivity index (χ1v) is 5.29. The molecule has 0 heterocycles. The normalized spacial score (nSPS) is 9.93. The van der Waals surface area contributed by atoms with Gasteiger partial charge in [0.2, 0.25) is 0 Å². The minimum Gasteiger partial charge on any atom is -0.469 e. The van der Waals surface area contributed by atoms with Crippen LogP contribution in [0.15, 0.2) is 23.1 Å². The van der Waals surface area contributed by atoms with Crippen LogP contribution >= 0.6 is 11.8 Å². The zero-order valence-electron chi connectivity index (χ0n) is 8.04. The number of esters is 1. The van der Waals surface area contributed by atoms with Crippen LogP contribution in [-0.2, 0) is 16.0 Å². The van der Waals surface area contributed by atoms with E-state index < -0.39 is 0 Å². The van der Waals surface area contributed by atoms with E-state index in [1.165, 1.54) is 24.9 Å². The predicted molar refractivity (Wildman–Crippen MR) is 53.9 cm³/mol. The summed E-state index contributed by atoms with van der Waals surface area (Å²) in [5.74, 6) is -0.653. The first-order chi connectivity index (χ1) is 6.67. The van der Waals surface area contributed by atoms with E-state index in [0.717, 1.165) is 0 Å². The van der Waals surface area contributed by atoms with Crippen LogP contribution in [0.5, 0.6) is 0 Å².